The van der Waals surface area contributed by atoms with Crippen molar-refractivity contribution in [3.8, 4) is 0 Å². The van der Waals surface area contributed by atoms with Crippen LogP contribution in [0, 0.1) is 25.7 Å². The highest BCUT2D eigenvalue weighted by Gasteiger charge is 2.37. The minimum atomic E-state index is -0.789. The lowest BCUT2D eigenvalue weighted by Crippen LogP contribution is -2.53. The summed E-state index contributed by atoms with van der Waals surface area (Å²) in [5.41, 5.74) is 2.95. The molecule has 0 spiro atoms. The second-order valence-corrected chi connectivity index (χ2v) is 5.40. The average Bonchev–Trinajstić information content (AvgIpc) is 2.30. The zero-order chi connectivity index (χ0) is 14.2. The molecule has 4 nitrogen and oxygen atoms in total. The van der Waals surface area contributed by atoms with Crippen molar-refractivity contribution in [1.29, 1.82) is 0 Å². The Morgan fingerprint density at radius 2 is 1.89 bits per heavy atom. The number of likely N-dealkylation sites (tertiary alicyclic amines) is 1. The Bertz CT molecular complexity index is 518. The van der Waals surface area contributed by atoms with Gasteiger partial charge >= 0.3 is 5.97 Å². The lowest BCUT2D eigenvalue weighted by atomic mass is 9.86. The van der Waals surface area contributed by atoms with E-state index in [1.807, 2.05) is 32.0 Å². The summed E-state index contributed by atoms with van der Waals surface area (Å²) in [6.45, 7) is 6.78. The van der Waals surface area contributed by atoms with E-state index >= 15 is 0 Å². The zero-order valence-electron chi connectivity index (χ0n) is 11.5. The summed E-state index contributed by atoms with van der Waals surface area (Å²) < 4.78 is 0. The van der Waals surface area contributed by atoms with Gasteiger partial charge in [0, 0.05) is 24.6 Å². The van der Waals surface area contributed by atoms with Crippen LogP contribution in [0.3, 0.4) is 0 Å². The largest absolute Gasteiger partial charge is 0.481 e. The predicted octanol–water partition coefficient (Wildman–Crippen LogP) is 2.10. The first-order valence-electron chi connectivity index (χ1n) is 6.49. The smallest absolute Gasteiger partial charge is 0.306 e. The van der Waals surface area contributed by atoms with Gasteiger partial charge in [0.15, 0.2) is 0 Å². The number of hydrogen-bond acceptors (Lipinski definition) is 2. The summed E-state index contributed by atoms with van der Waals surface area (Å²) >= 11 is 0. The lowest BCUT2D eigenvalue weighted by molar-refractivity contribution is -0.144. The van der Waals surface area contributed by atoms with Gasteiger partial charge in [-0.3, -0.25) is 9.59 Å². The van der Waals surface area contributed by atoms with Gasteiger partial charge in [0.25, 0.3) is 5.91 Å². The molecule has 1 saturated heterocycles. The molecule has 19 heavy (non-hydrogen) atoms. The summed E-state index contributed by atoms with van der Waals surface area (Å²) in [5, 5.41) is 8.92. The molecule has 1 fully saturated rings. The van der Waals surface area contributed by atoms with E-state index in [2.05, 4.69) is 0 Å². The van der Waals surface area contributed by atoms with Gasteiger partial charge in [0.1, 0.15) is 0 Å². The molecule has 0 aromatic heterocycles. The molecular weight excluding hydrogens is 242 g/mol. The first-order chi connectivity index (χ1) is 8.90. The Hall–Kier alpha value is -1.84. The van der Waals surface area contributed by atoms with Crippen LogP contribution in [0.1, 0.15) is 28.4 Å². The third kappa shape index (κ3) is 2.62. The highest BCUT2D eigenvalue weighted by Crippen LogP contribution is 2.26. The molecule has 1 amide bonds. The van der Waals surface area contributed by atoms with Crippen LogP contribution in [0.15, 0.2) is 18.2 Å². The molecule has 0 radical (unpaired) electrons. The van der Waals surface area contributed by atoms with Gasteiger partial charge in [-0.05, 0) is 37.1 Å². The van der Waals surface area contributed by atoms with Crippen molar-refractivity contribution in [1.82, 2.24) is 4.90 Å². The molecule has 1 N–H and O–H groups in total. The number of rotatable bonds is 3. The maximum absolute atomic E-state index is 12.2. The highest BCUT2D eigenvalue weighted by molar-refractivity contribution is 5.95. The van der Waals surface area contributed by atoms with Crippen molar-refractivity contribution < 1.29 is 14.7 Å². The number of hydrogen-bond donors (Lipinski definition) is 1. The molecule has 102 valence electrons. The number of amides is 1. The van der Waals surface area contributed by atoms with Crippen LogP contribution < -0.4 is 0 Å². The predicted molar refractivity (Wildman–Crippen MR) is 72.1 cm³/mol. The van der Waals surface area contributed by atoms with Crippen LogP contribution in [0.25, 0.3) is 0 Å². The van der Waals surface area contributed by atoms with Crippen LogP contribution in [0.2, 0.25) is 0 Å². The number of carbonyl (C=O) groups excluding carboxylic acids is 1. The standard InChI is InChI=1S/C15H19NO3/c1-9-4-5-12(6-10(9)2)14(17)16-7-13(8-16)11(3)15(18)19/h4-6,11,13H,7-8H2,1-3H3,(H,18,19). The fourth-order valence-electron chi connectivity index (χ4n) is 2.25. The molecule has 1 aromatic rings. The van der Waals surface area contributed by atoms with E-state index in [4.69, 9.17) is 5.11 Å². The van der Waals surface area contributed by atoms with E-state index in [-0.39, 0.29) is 17.7 Å². The molecule has 0 saturated carbocycles. The van der Waals surface area contributed by atoms with Crippen LogP contribution in [0.5, 0.6) is 0 Å². The van der Waals surface area contributed by atoms with Crippen molar-refractivity contribution in [2.75, 3.05) is 13.1 Å². The zero-order valence-corrected chi connectivity index (χ0v) is 11.5. The minimum absolute atomic E-state index is 0.00283. The first-order valence-corrected chi connectivity index (χ1v) is 6.49. The van der Waals surface area contributed by atoms with Crippen molar-refractivity contribution in [2.45, 2.75) is 20.8 Å². The number of aryl methyl sites for hydroxylation is 2. The fraction of sp³-hybridized carbons (Fsp3) is 0.467. The number of carbonyl (C=O) groups is 2. The average molecular weight is 261 g/mol. The number of carboxylic acid groups (broad SMARTS) is 1. The molecule has 1 unspecified atom stereocenters. The second-order valence-electron chi connectivity index (χ2n) is 5.40. The van der Waals surface area contributed by atoms with Crippen molar-refractivity contribution in [3.63, 3.8) is 0 Å². The fourth-order valence-corrected chi connectivity index (χ4v) is 2.25. The maximum Gasteiger partial charge on any atom is 0.306 e. The SMILES string of the molecule is Cc1ccc(C(=O)N2CC(C(C)C(=O)O)C2)cc1C. The van der Waals surface area contributed by atoms with Crippen molar-refractivity contribution >= 4 is 11.9 Å². The van der Waals surface area contributed by atoms with Crippen LogP contribution in [-0.2, 0) is 4.79 Å². The van der Waals surface area contributed by atoms with Gasteiger partial charge in [0.05, 0.1) is 5.92 Å². The van der Waals surface area contributed by atoms with Crippen molar-refractivity contribution in [3.05, 3.63) is 34.9 Å². The molecule has 4 heteroatoms. The van der Waals surface area contributed by atoms with Gasteiger partial charge < -0.3 is 10.0 Å². The second kappa shape index (κ2) is 5.03. The number of aliphatic carboxylic acids is 1. The molecule has 1 heterocycles. The normalized spacial score (nSPS) is 16.9. The van der Waals surface area contributed by atoms with E-state index in [0.29, 0.717) is 18.7 Å². The number of benzene rings is 1. The van der Waals surface area contributed by atoms with Crippen LogP contribution in [-0.4, -0.2) is 35.0 Å². The molecule has 0 bridgehead atoms. The molecule has 1 aromatic carbocycles. The molecule has 1 atom stereocenters. The van der Waals surface area contributed by atoms with Crippen molar-refractivity contribution in [2.24, 2.45) is 11.8 Å². The number of carboxylic acids is 1. The molecular formula is C15H19NO3. The van der Waals surface area contributed by atoms with Gasteiger partial charge in [-0.25, -0.2) is 0 Å². The Kier molecular flexibility index (Phi) is 3.60. The van der Waals surface area contributed by atoms with E-state index in [1.165, 1.54) is 0 Å². The third-order valence-corrected chi connectivity index (χ3v) is 4.05. The van der Waals surface area contributed by atoms with E-state index in [1.54, 1.807) is 11.8 Å². The summed E-state index contributed by atoms with van der Waals surface area (Å²) in [4.78, 5) is 24.8. The Morgan fingerprint density at radius 3 is 2.42 bits per heavy atom. The summed E-state index contributed by atoms with van der Waals surface area (Å²) in [7, 11) is 0. The van der Waals surface area contributed by atoms with Gasteiger partial charge in [-0.1, -0.05) is 13.0 Å². The lowest BCUT2D eigenvalue weighted by Gasteiger charge is -2.41. The summed E-state index contributed by atoms with van der Waals surface area (Å²) in [6, 6.07) is 5.67. The van der Waals surface area contributed by atoms with E-state index in [0.717, 1.165) is 11.1 Å². The van der Waals surface area contributed by atoms with Gasteiger partial charge in [-0.2, -0.15) is 0 Å². The van der Waals surface area contributed by atoms with Crippen LogP contribution in [0.4, 0.5) is 0 Å². The van der Waals surface area contributed by atoms with Crippen LogP contribution >= 0.6 is 0 Å². The minimum Gasteiger partial charge on any atom is -0.481 e. The Morgan fingerprint density at radius 1 is 1.26 bits per heavy atom. The summed E-state index contributed by atoms with van der Waals surface area (Å²) in [6.07, 6.45) is 0. The molecule has 0 aliphatic carbocycles. The van der Waals surface area contributed by atoms with Gasteiger partial charge in [0.2, 0.25) is 0 Å². The highest BCUT2D eigenvalue weighted by atomic mass is 16.4. The molecule has 1 aliphatic heterocycles. The maximum atomic E-state index is 12.2. The monoisotopic (exact) mass is 261 g/mol. The Labute approximate surface area is 113 Å². The van der Waals surface area contributed by atoms with E-state index in [9.17, 15) is 9.59 Å². The topological polar surface area (TPSA) is 57.6 Å². The molecule has 1 aliphatic rings. The van der Waals surface area contributed by atoms with Gasteiger partial charge in [-0.15, -0.1) is 0 Å². The van der Waals surface area contributed by atoms with E-state index < -0.39 is 5.97 Å². The summed E-state index contributed by atoms with van der Waals surface area (Å²) in [5.74, 6) is -1.10. The molecule has 2 rings (SSSR count). The number of nitrogens with zero attached hydrogens (tertiary/aromatic N) is 1. The third-order valence-electron chi connectivity index (χ3n) is 4.05. The Balaban J connectivity index is 2.00. The first kappa shape index (κ1) is 13.6. The quantitative estimate of drug-likeness (QED) is 0.906.